The second kappa shape index (κ2) is 17.2. The van der Waals surface area contributed by atoms with Crippen molar-refractivity contribution in [3.05, 3.63) is 66.2 Å². The predicted octanol–water partition coefficient (Wildman–Crippen LogP) is 6.33. The van der Waals surface area contributed by atoms with E-state index < -0.39 is 12.1 Å². The van der Waals surface area contributed by atoms with Gasteiger partial charge in [0.05, 0.1) is 36.1 Å². The van der Waals surface area contributed by atoms with Crippen LogP contribution in [-0.2, 0) is 4.74 Å². The quantitative estimate of drug-likeness (QED) is 0.234. The summed E-state index contributed by atoms with van der Waals surface area (Å²) in [5, 5.41) is 20.9. The molecule has 0 spiro atoms. The molecule has 1 aliphatic heterocycles. The lowest BCUT2D eigenvalue weighted by Gasteiger charge is -2.36. The molecule has 0 radical (unpaired) electrons. The molecule has 3 aromatic carbocycles. The Hall–Kier alpha value is -4.35. The summed E-state index contributed by atoms with van der Waals surface area (Å²) in [6, 6.07) is 17.4. The van der Waals surface area contributed by atoms with E-state index in [2.05, 4.69) is 16.0 Å². The molecule has 0 bridgehead atoms. The molecule has 260 valence electrons. The van der Waals surface area contributed by atoms with E-state index in [-0.39, 0.29) is 54.8 Å². The zero-order chi connectivity index (χ0) is 34.8. The molecule has 4 N–H and O–H groups in total. The Bertz CT molecular complexity index is 1540. The lowest BCUT2D eigenvalue weighted by atomic mass is 10.0. The molecule has 4 atom stereocenters. The van der Waals surface area contributed by atoms with E-state index in [1.54, 1.807) is 42.0 Å². The summed E-state index contributed by atoms with van der Waals surface area (Å²) >= 11 is 0. The molecule has 5 amide bonds. The van der Waals surface area contributed by atoms with E-state index in [4.69, 9.17) is 9.47 Å². The van der Waals surface area contributed by atoms with Crippen LogP contribution in [0.3, 0.4) is 0 Å². The number of amides is 5. The Morgan fingerprint density at radius 3 is 2.52 bits per heavy atom. The molecule has 4 rings (SSSR count). The van der Waals surface area contributed by atoms with Crippen LogP contribution in [0.5, 0.6) is 5.75 Å². The van der Waals surface area contributed by atoms with Crippen molar-refractivity contribution < 1.29 is 29.0 Å². The number of carbonyl (C=O) groups excluding carboxylic acids is 3. The maximum atomic E-state index is 14.4. The van der Waals surface area contributed by atoms with E-state index in [1.165, 1.54) is 0 Å². The van der Waals surface area contributed by atoms with Gasteiger partial charge in [-0.3, -0.25) is 4.79 Å². The summed E-state index contributed by atoms with van der Waals surface area (Å²) in [7, 11) is 1.73. The normalized spacial score (nSPS) is 19.9. The van der Waals surface area contributed by atoms with Gasteiger partial charge in [-0.05, 0) is 76.6 Å². The number of benzene rings is 3. The number of nitrogens with one attached hydrogen (secondary N) is 3. The zero-order valence-corrected chi connectivity index (χ0v) is 29.0. The van der Waals surface area contributed by atoms with Crippen molar-refractivity contribution in [2.45, 2.75) is 78.2 Å². The Morgan fingerprint density at radius 2 is 1.77 bits per heavy atom. The highest BCUT2D eigenvalue weighted by molar-refractivity contribution is 6.07. The number of likely N-dealkylation sites (N-methyl/N-ethyl adjacent to an activating group) is 1. The van der Waals surface area contributed by atoms with Crippen molar-refractivity contribution in [3.63, 3.8) is 0 Å². The Balaban J connectivity index is 1.61. The second-order valence-corrected chi connectivity index (χ2v) is 13.1. The van der Waals surface area contributed by atoms with Crippen LogP contribution in [0.1, 0.15) is 64.2 Å². The van der Waals surface area contributed by atoms with Gasteiger partial charge in [-0.25, -0.2) is 9.59 Å². The van der Waals surface area contributed by atoms with Crippen molar-refractivity contribution in [3.8, 4) is 5.75 Å². The number of carbonyl (C=O) groups is 3. The van der Waals surface area contributed by atoms with E-state index in [0.717, 1.165) is 30.0 Å². The third-order valence-corrected chi connectivity index (χ3v) is 8.56. The number of aliphatic hydroxyl groups is 1. The van der Waals surface area contributed by atoms with Crippen LogP contribution in [0.2, 0.25) is 0 Å². The summed E-state index contributed by atoms with van der Waals surface area (Å²) in [6.45, 7) is 10.4. The Kier molecular flexibility index (Phi) is 13.0. The van der Waals surface area contributed by atoms with Crippen LogP contribution >= 0.6 is 0 Å². The van der Waals surface area contributed by atoms with Crippen molar-refractivity contribution >= 4 is 40.1 Å². The molecular weight excluding hydrogens is 610 g/mol. The fourth-order valence-corrected chi connectivity index (χ4v) is 5.79. The number of hydrogen-bond donors (Lipinski definition) is 4. The van der Waals surface area contributed by atoms with E-state index in [9.17, 15) is 19.5 Å². The fraction of sp³-hybridized carbons (Fsp3) is 0.486. The topological polar surface area (TPSA) is 132 Å². The summed E-state index contributed by atoms with van der Waals surface area (Å²) in [5.74, 6) is -0.119. The van der Waals surface area contributed by atoms with Crippen molar-refractivity contribution in [2.75, 3.05) is 44.0 Å². The SMILES string of the molecule is CC(C)NC(=O)N(C)C[C@H]1OCCCC[C@H](C)Oc2ccc(NC(=O)Nc3cccc4ccccc34)cc2C(=O)N([C@H](C)CO)C[C@@H]1C. The highest BCUT2D eigenvalue weighted by atomic mass is 16.5. The molecule has 11 nitrogen and oxygen atoms in total. The minimum Gasteiger partial charge on any atom is -0.490 e. The molecule has 0 unspecified atom stereocenters. The van der Waals surface area contributed by atoms with Gasteiger partial charge in [0.15, 0.2) is 0 Å². The van der Waals surface area contributed by atoms with Gasteiger partial charge in [-0.1, -0.05) is 43.3 Å². The van der Waals surface area contributed by atoms with Gasteiger partial charge >= 0.3 is 12.1 Å². The maximum absolute atomic E-state index is 14.4. The van der Waals surface area contributed by atoms with Crippen LogP contribution < -0.4 is 20.7 Å². The van der Waals surface area contributed by atoms with Crippen LogP contribution in [0, 0.1) is 5.92 Å². The van der Waals surface area contributed by atoms with Crippen molar-refractivity contribution in [1.29, 1.82) is 0 Å². The van der Waals surface area contributed by atoms with Gasteiger partial charge in [0.25, 0.3) is 5.91 Å². The largest absolute Gasteiger partial charge is 0.490 e. The van der Waals surface area contributed by atoms with Crippen LogP contribution in [0.15, 0.2) is 60.7 Å². The van der Waals surface area contributed by atoms with Gasteiger partial charge < -0.3 is 40.3 Å². The highest BCUT2D eigenvalue weighted by Crippen LogP contribution is 2.29. The number of aliphatic hydroxyl groups excluding tert-OH is 1. The summed E-state index contributed by atoms with van der Waals surface area (Å²) < 4.78 is 12.7. The van der Waals surface area contributed by atoms with Crippen LogP contribution in [0.25, 0.3) is 10.8 Å². The first kappa shape index (κ1) is 36.5. The number of hydrogen-bond acceptors (Lipinski definition) is 6. The van der Waals surface area contributed by atoms with Gasteiger partial charge in [-0.15, -0.1) is 0 Å². The minimum absolute atomic E-state index is 0.00578. The first-order chi connectivity index (χ1) is 23.0. The molecule has 3 aromatic rings. The van der Waals surface area contributed by atoms with Gasteiger partial charge in [0.2, 0.25) is 0 Å². The van der Waals surface area contributed by atoms with E-state index >= 15 is 0 Å². The number of urea groups is 2. The van der Waals surface area contributed by atoms with E-state index in [1.807, 2.05) is 70.2 Å². The first-order valence-corrected chi connectivity index (χ1v) is 16.9. The molecule has 0 fully saturated rings. The smallest absolute Gasteiger partial charge is 0.323 e. The maximum Gasteiger partial charge on any atom is 0.323 e. The average molecular weight is 662 g/mol. The molecule has 0 aliphatic carbocycles. The lowest BCUT2D eigenvalue weighted by Crippen LogP contribution is -2.49. The molecule has 11 heteroatoms. The van der Waals surface area contributed by atoms with Crippen LogP contribution in [0.4, 0.5) is 21.0 Å². The minimum atomic E-state index is -0.521. The van der Waals surface area contributed by atoms with Gasteiger partial charge in [0, 0.05) is 49.8 Å². The van der Waals surface area contributed by atoms with E-state index in [0.29, 0.717) is 30.3 Å². The van der Waals surface area contributed by atoms with Crippen LogP contribution in [-0.4, -0.2) is 90.5 Å². The number of ether oxygens (including phenoxy) is 2. The predicted molar refractivity (Wildman–Crippen MR) is 190 cm³/mol. The second-order valence-electron chi connectivity index (χ2n) is 13.1. The zero-order valence-electron chi connectivity index (χ0n) is 29.0. The van der Waals surface area contributed by atoms with Gasteiger partial charge in [0.1, 0.15) is 5.75 Å². The molecule has 1 aliphatic rings. The summed E-state index contributed by atoms with van der Waals surface area (Å²) in [5.41, 5.74) is 1.36. The average Bonchev–Trinajstić information content (AvgIpc) is 3.05. The fourth-order valence-electron chi connectivity index (χ4n) is 5.79. The number of anilines is 2. The third kappa shape index (κ3) is 9.84. The highest BCUT2D eigenvalue weighted by Gasteiger charge is 2.31. The third-order valence-electron chi connectivity index (χ3n) is 8.56. The molecule has 48 heavy (non-hydrogen) atoms. The monoisotopic (exact) mass is 661 g/mol. The van der Waals surface area contributed by atoms with Crippen molar-refractivity contribution in [1.82, 2.24) is 15.1 Å². The first-order valence-electron chi connectivity index (χ1n) is 16.9. The number of rotatable bonds is 7. The molecule has 0 saturated carbocycles. The van der Waals surface area contributed by atoms with Crippen molar-refractivity contribution in [2.24, 2.45) is 5.92 Å². The molecule has 0 saturated heterocycles. The Morgan fingerprint density at radius 1 is 1.02 bits per heavy atom. The standard InChI is InChI=1S/C37H51N5O6/c1-24(2)38-37(46)41(6)22-34-25(3)21-42(26(4)23-43)35(44)31-20-29(17-18-33(31)48-27(5)12-9-10-19-47-34)39-36(45)40-32-16-11-14-28-13-7-8-15-30(28)32/h7-8,11,13-18,20,24-27,34,43H,9-10,12,19,21-23H2,1-6H3,(H,38,46)(H2,39,40,45)/t25-,26+,27-,34+/m0/s1. The molecule has 0 aromatic heterocycles. The molecule has 1 heterocycles. The summed E-state index contributed by atoms with van der Waals surface area (Å²) in [4.78, 5) is 43.5. The number of nitrogens with zero attached hydrogens (tertiary/aromatic N) is 2. The van der Waals surface area contributed by atoms with Gasteiger partial charge in [-0.2, -0.15) is 0 Å². The molecular formula is C37H51N5O6. The Labute approximate surface area is 284 Å². The lowest BCUT2D eigenvalue weighted by molar-refractivity contribution is -0.0122. The summed E-state index contributed by atoms with van der Waals surface area (Å²) in [6.07, 6.45) is 1.89. The number of fused-ring (bicyclic) bond motifs is 2.